The van der Waals surface area contributed by atoms with Crippen LogP contribution in [-0.4, -0.2) is 37.6 Å². The zero-order chi connectivity index (χ0) is 12.0. The summed E-state index contributed by atoms with van der Waals surface area (Å²) < 4.78 is 9.47. The molecule has 1 aromatic rings. The number of carbonyl (C=O) groups is 2. The highest BCUT2D eigenvalue weighted by atomic mass is 16.5. The molecule has 6 nitrogen and oxygen atoms in total. The van der Waals surface area contributed by atoms with Gasteiger partial charge in [0.1, 0.15) is 5.69 Å². The van der Waals surface area contributed by atoms with E-state index in [2.05, 4.69) is 15.0 Å². The molecule has 1 rings (SSSR count). The summed E-state index contributed by atoms with van der Waals surface area (Å²) in [5.74, 6) is -0.0479. The van der Waals surface area contributed by atoms with Crippen molar-refractivity contribution < 1.29 is 19.1 Å². The van der Waals surface area contributed by atoms with Crippen LogP contribution in [0.25, 0.3) is 0 Å². The normalized spacial score (nSPS) is 9.38. The second-order valence-corrected chi connectivity index (χ2v) is 2.81. The molecule has 1 amide bonds. The number of alkyl carbamates (subject to hydrolysis) is 1. The van der Waals surface area contributed by atoms with Gasteiger partial charge >= 0.3 is 6.09 Å². The fourth-order valence-corrected chi connectivity index (χ4v) is 0.961. The van der Waals surface area contributed by atoms with Crippen LogP contribution in [-0.2, 0) is 4.74 Å². The lowest BCUT2D eigenvalue weighted by atomic mass is 10.2. The molecule has 1 N–H and O–H groups in total. The molecular weight excluding hydrogens is 212 g/mol. The Morgan fingerprint density at radius 3 is 2.81 bits per heavy atom. The summed E-state index contributed by atoms with van der Waals surface area (Å²) in [6, 6.07) is 4.79. The van der Waals surface area contributed by atoms with Gasteiger partial charge in [0.15, 0.2) is 6.61 Å². The van der Waals surface area contributed by atoms with Crippen molar-refractivity contribution in [2.75, 3.05) is 20.8 Å². The average Bonchev–Trinajstić information content (AvgIpc) is 2.35. The number of rotatable bonds is 4. The first kappa shape index (κ1) is 12.0. The monoisotopic (exact) mass is 224 g/mol. The molecule has 16 heavy (non-hydrogen) atoms. The van der Waals surface area contributed by atoms with E-state index in [0.29, 0.717) is 5.88 Å². The van der Waals surface area contributed by atoms with Gasteiger partial charge in [0.25, 0.3) is 0 Å². The fourth-order valence-electron chi connectivity index (χ4n) is 0.961. The van der Waals surface area contributed by atoms with Crippen LogP contribution in [0, 0.1) is 0 Å². The maximum absolute atomic E-state index is 11.5. The largest absolute Gasteiger partial charge is 0.481 e. The number of nitrogens with zero attached hydrogens (tertiary/aromatic N) is 1. The summed E-state index contributed by atoms with van der Waals surface area (Å²) in [7, 11) is 2.87. The molecule has 0 unspecified atom stereocenters. The predicted octanol–water partition coefficient (Wildman–Crippen LogP) is 0.629. The lowest BCUT2D eigenvalue weighted by Crippen LogP contribution is -2.23. The van der Waals surface area contributed by atoms with Crippen molar-refractivity contribution in [2.45, 2.75) is 0 Å². The molecular formula is C10H12N2O4. The van der Waals surface area contributed by atoms with E-state index in [1.807, 2.05) is 0 Å². The van der Waals surface area contributed by atoms with Crippen LogP contribution in [0.2, 0.25) is 0 Å². The third-order valence-corrected chi connectivity index (χ3v) is 1.76. The number of pyridine rings is 1. The molecule has 0 saturated carbocycles. The molecule has 0 aliphatic carbocycles. The van der Waals surface area contributed by atoms with Crippen LogP contribution in [0.1, 0.15) is 10.5 Å². The second-order valence-electron chi connectivity index (χ2n) is 2.81. The van der Waals surface area contributed by atoms with Gasteiger partial charge in [-0.3, -0.25) is 4.79 Å². The van der Waals surface area contributed by atoms with Crippen molar-refractivity contribution in [1.82, 2.24) is 10.3 Å². The maximum Gasteiger partial charge on any atom is 0.407 e. The minimum atomic E-state index is -0.656. The summed E-state index contributed by atoms with van der Waals surface area (Å²) >= 11 is 0. The minimum Gasteiger partial charge on any atom is -0.481 e. The smallest absolute Gasteiger partial charge is 0.407 e. The van der Waals surface area contributed by atoms with Gasteiger partial charge in [-0.2, -0.15) is 0 Å². The zero-order valence-corrected chi connectivity index (χ0v) is 9.02. The van der Waals surface area contributed by atoms with Crippen molar-refractivity contribution in [1.29, 1.82) is 0 Å². The highest BCUT2D eigenvalue weighted by Gasteiger charge is 2.10. The van der Waals surface area contributed by atoms with E-state index in [-0.39, 0.29) is 18.1 Å². The predicted molar refractivity (Wildman–Crippen MR) is 55.5 cm³/mol. The van der Waals surface area contributed by atoms with Crippen molar-refractivity contribution in [2.24, 2.45) is 0 Å². The van der Waals surface area contributed by atoms with Crippen LogP contribution in [0.3, 0.4) is 0 Å². The number of amides is 1. The molecule has 86 valence electrons. The quantitative estimate of drug-likeness (QED) is 0.759. The van der Waals surface area contributed by atoms with E-state index >= 15 is 0 Å². The van der Waals surface area contributed by atoms with Crippen molar-refractivity contribution in [3.8, 4) is 5.88 Å². The third-order valence-electron chi connectivity index (χ3n) is 1.76. The first-order chi connectivity index (χ1) is 7.67. The van der Waals surface area contributed by atoms with Crippen molar-refractivity contribution >= 4 is 11.9 Å². The van der Waals surface area contributed by atoms with Crippen LogP contribution >= 0.6 is 0 Å². The van der Waals surface area contributed by atoms with E-state index in [1.165, 1.54) is 20.2 Å². The van der Waals surface area contributed by atoms with Gasteiger partial charge < -0.3 is 14.8 Å². The SMILES string of the molecule is CNC(=O)OCC(=O)c1cccc(OC)n1. The zero-order valence-electron chi connectivity index (χ0n) is 9.02. The fraction of sp³-hybridized carbons (Fsp3) is 0.300. The van der Waals surface area contributed by atoms with Gasteiger partial charge in [-0.05, 0) is 6.07 Å². The third kappa shape index (κ3) is 3.23. The molecule has 0 atom stereocenters. The summed E-state index contributed by atoms with van der Waals surface area (Å²) in [6.07, 6.45) is -0.656. The molecule has 0 spiro atoms. The topological polar surface area (TPSA) is 77.5 Å². The number of methoxy groups -OCH3 is 1. The van der Waals surface area contributed by atoms with Crippen LogP contribution in [0.4, 0.5) is 4.79 Å². The van der Waals surface area contributed by atoms with Gasteiger partial charge in [-0.25, -0.2) is 9.78 Å². The Hall–Kier alpha value is -2.11. The van der Waals surface area contributed by atoms with E-state index < -0.39 is 6.09 Å². The lowest BCUT2D eigenvalue weighted by molar-refractivity contribution is 0.0841. The maximum atomic E-state index is 11.5. The Balaban J connectivity index is 2.62. The Morgan fingerprint density at radius 1 is 1.44 bits per heavy atom. The van der Waals surface area contributed by atoms with Crippen LogP contribution in [0.15, 0.2) is 18.2 Å². The van der Waals surface area contributed by atoms with Gasteiger partial charge in [-0.1, -0.05) is 6.07 Å². The number of carbonyl (C=O) groups excluding carboxylic acids is 2. The van der Waals surface area contributed by atoms with Gasteiger partial charge in [0, 0.05) is 13.1 Å². The van der Waals surface area contributed by atoms with Gasteiger partial charge in [0.2, 0.25) is 11.7 Å². The molecule has 0 saturated heterocycles. The summed E-state index contributed by atoms with van der Waals surface area (Å²) in [4.78, 5) is 26.2. The minimum absolute atomic E-state index is 0.197. The molecule has 1 aromatic heterocycles. The standard InChI is InChI=1S/C10H12N2O4/c1-11-10(14)16-6-8(13)7-4-3-5-9(12-7)15-2/h3-5H,6H2,1-2H3,(H,11,14). The first-order valence-corrected chi connectivity index (χ1v) is 4.56. The van der Waals surface area contributed by atoms with Crippen molar-refractivity contribution in [3.05, 3.63) is 23.9 Å². The number of ketones is 1. The van der Waals surface area contributed by atoms with E-state index in [9.17, 15) is 9.59 Å². The highest BCUT2D eigenvalue weighted by molar-refractivity contribution is 5.96. The average molecular weight is 224 g/mol. The molecule has 0 aliphatic rings. The summed E-state index contributed by atoms with van der Waals surface area (Å²) in [5, 5.41) is 2.24. The first-order valence-electron chi connectivity index (χ1n) is 4.56. The second kappa shape index (κ2) is 5.69. The summed E-state index contributed by atoms with van der Waals surface area (Å²) in [5.41, 5.74) is 0.197. The van der Waals surface area contributed by atoms with Gasteiger partial charge in [-0.15, -0.1) is 0 Å². The number of Topliss-reactive ketones (excluding diaryl/α,β-unsaturated/α-hetero) is 1. The van der Waals surface area contributed by atoms with E-state index in [0.717, 1.165) is 0 Å². The van der Waals surface area contributed by atoms with Crippen LogP contribution < -0.4 is 10.1 Å². The lowest BCUT2D eigenvalue weighted by Gasteiger charge is -2.04. The molecule has 1 heterocycles. The molecule has 0 fully saturated rings. The number of hydrogen-bond donors (Lipinski definition) is 1. The number of nitrogens with one attached hydrogen (secondary N) is 1. The summed E-state index contributed by atoms with van der Waals surface area (Å²) in [6.45, 7) is -0.347. The Bertz CT molecular complexity index is 392. The van der Waals surface area contributed by atoms with E-state index in [4.69, 9.17) is 4.74 Å². The molecule has 0 radical (unpaired) electrons. The van der Waals surface area contributed by atoms with Gasteiger partial charge in [0.05, 0.1) is 7.11 Å². The Labute approximate surface area is 92.6 Å². The number of ether oxygens (including phenoxy) is 2. The van der Waals surface area contributed by atoms with Crippen molar-refractivity contribution in [3.63, 3.8) is 0 Å². The van der Waals surface area contributed by atoms with Crippen LogP contribution in [0.5, 0.6) is 5.88 Å². The molecule has 6 heteroatoms. The molecule has 0 aliphatic heterocycles. The molecule has 0 aromatic carbocycles. The number of hydrogen-bond acceptors (Lipinski definition) is 5. The Morgan fingerprint density at radius 2 is 2.19 bits per heavy atom. The molecule has 0 bridgehead atoms. The van der Waals surface area contributed by atoms with E-state index in [1.54, 1.807) is 12.1 Å². The number of aromatic nitrogens is 1. The Kier molecular flexibility index (Phi) is 4.26. The highest BCUT2D eigenvalue weighted by Crippen LogP contribution is 2.07.